The third-order valence-electron chi connectivity index (χ3n) is 5.33. The molecule has 0 unspecified atom stereocenters. The van der Waals surface area contributed by atoms with E-state index in [1.54, 1.807) is 0 Å². The van der Waals surface area contributed by atoms with Crippen LogP contribution in [-0.4, -0.2) is 41.2 Å². The fraction of sp³-hybridized carbons (Fsp3) is 0.474. The first-order chi connectivity index (χ1) is 12.4. The van der Waals surface area contributed by atoms with E-state index in [-0.39, 0.29) is 0 Å². The molecule has 0 N–H and O–H groups in total. The van der Waals surface area contributed by atoms with Crippen LogP contribution >= 0.6 is 0 Å². The van der Waals surface area contributed by atoms with E-state index < -0.39 is 0 Å². The SMILES string of the molecule is c1ccc2oc(N3CCN(Cc4noc5c4CCCC5)CC3)nc2c1. The molecule has 6 nitrogen and oxygen atoms in total. The molecule has 1 aliphatic carbocycles. The van der Waals surface area contributed by atoms with E-state index in [9.17, 15) is 0 Å². The third-order valence-corrected chi connectivity index (χ3v) is 5.33. The Hall–Kier alpha value is -2.34. The molecule has 1 fully saturated rings. The molecule has 3 aromatic rings. The minimum Gasteiger partial charge on any atom is -0.423 e. The van der Waals surface area contributed by atoms with Crippen LogP contribution in [0.5, 0.6) is 0 Å². The lowest BCUT2D eigenvalue weighted by molar-refractivity contribution is 0.237. The van der Waals surface area contributed by atoms with Crippen molar-refractivity contribution in [3.8, 4) is 0 Å². The number of anilines is 1. The second-order valence-corrected chi connectivity index (χ2v) is 6.97. The zero-order chi connectivity index (χ0) is 16.6. The molecule has 0 bridgehead atoms. The molecule has 5 rings (SSSR count). The Morgan fingerprint density at radius 1 is 1.00 bits per heavy atom. The average Bonchev–Trinajstić information content (AvgIpc) is 3.27. The summed E-state index contributed by atoms with van der Waals surface area (Å²) in [6.45, 7) is 4.71. The van der Waals surface area contributed by atoms with Gasteiger partial charge in [-0.25, -0.2) is 0 Å². The molecule has 2 aromatic heterocycles. The molecule has 25 heavy (non-hydrogen) atoms. The van der Waals surface area contributed by atoms with Gasteiger partial charge in [-0.1, -0.05) is 17.3 Å². The molecule has 130 valence electrons. The molecule has 2 aliphatic rings. The highest BCUT2D eigenvalue weighted by Gasteiger charge is 2.24. The van der Waals surface area contributed by atoms with Crippen molar-refractivity contribution in [3.63, 3.8) is 0 Å². The number of hydrogen-bond acceptors (Lipinski definition) is 6. The van der Waals surface area contributed by atoms with Gasteiger partial charge in [0.05, 0.1) is 0 Å². The van der Waals surface area contributed by atoms with Crippen molar-refractivity contribution in [3.05, 3.63) is 41.3 Å². The Balaban J connectivity index is 1.24. The number of aryl methyl sites for hydroxylation is 1. The van der Waals surface area contributed by atoms with Gasteiger partial charge in [0.1, 0.15) is 17.0 Å². The molecule has 1 saturated heterocycles. The van der Waals surface area contributed by atoms with Crippen LogP contribution in [0, 0.1) is 0 Å². The number of hydrogen-bond donors (Lipinski definition) is 0. The standard InChI is InChI=1S/C19H22N4O2/c1-3-7-17-14(5-1)16(21-25-17)13-22-9-11-23(12-10-22)19-20-15-6-2-4-8-18(15)24-19/h2,4,6,8H,1,3,5,7,9-13H2. The third kappa shape index (κ3) is 2.80. The number of rotatable bonds is 3. The summed E-state index contributed by atoms with van der Waals surface area (Å²) in [7, 11) is 0. The van der Waals surface area contributed by atoms with Gasteiger partial charge in [-0.3, -0.25) is 4.90 Å². The lowest BCUT2D eigenvalue weighted by atomic mass is 9.96. The van der Waals surface area contributed by atoms with Crippen molar-refractivity contribution >= 4 is 17.1 Å². The van der Waals surface area contributed by atoms with Gasteiger partial charge in [-0.2, -0.15) is 4.98 Å². The second kappa shape index (κ2) is 6.19. The van der Waals surface area contributed by atoms with Gasteiger partial charge in [0, 0.05) is 44.7 Å². The highest BCUT2D eigenvalue weighted by atomic mass is 16.5. The zero-order valence-corrected chi connectivity index (χ0v) is 14.3. The quantitative estimate of drug-likeness (QED) is 0.732. The van der Waals surface area contributed by atoms with Crippen LogP contribution in [0.1, 0.15) is 29.9 Å². The number of para-hydroxylation sites is 2. The summed E-state index contributed by atoms with van der Waals surface area (Å²) in [5.74, 6) is 1.12. The lowest BCUT2D eigenvalue weighted by Gasteiger charge is -2.33. The van der Waals surface area contributed by atoms with Gasteiger partial charge >= 0.3 is 0 Å². The number of fused-ring (bicyclic) bond motifs is 2. The molecule has 1 aliphatic heterocycles. The van der Waals surface area contributed by atoms with Crippen molar-refractivity contribution in [1.29, 1.82) is 0 Å². The fourth-order valence-electron chi connectivity index (χ4n) is 3.88. The summed E-state index contributed by atoms with van der Waals surface area (Å²) < 4.78 is 11.4. The van der Waals surface area contributed by atoms with E-state index in [1.165, 1.54) is 18.4 Å². The summed E-state index contributed by atoms with van der Waals surface area (Å²) in [5, 5.41) is 4.34. The molecular weight excluding hydrogens is 316 g/mol. The molecule has 1 aromatic carbocycles. The first kappa shape index (κ1) is 15.0. The van der Waals surface area contributed by atoms with Crippen molar-refractivity contribution in [2.45, 2.75) is 32.2 Å². The number of nitrogens with zero attached hydrogens (tertiary/aromatic N) is 4. The summed E-state index contributed by atoms with van der Waals surface area (Å²) in [6, 6.07) is 8.67. The molecule has 0 amide bonds. The van der Waals surface area contributed by atoms with Gasteiger partial charge in [-0.15, -0.1) is 0 Å². The zero-order valence-electron chi connectivity index (χ0n) is 14.3. The molecule has 6 heteroatoms. The Morgan fingerprint density at radius 3 is 2.72 bits per heavy atom. The largest absolute Gasteiger partial charge is 0.423 e. The Kier molecular flexibility index (Phi) is 3.70. The van der Waals surface area contributed by atoms with Crippen LogP contribution in [0.15, 0.2) is 33.2 Å². The second-order valence-electron chi connectivity index (χ2n) is 6.97. The van der Waals surface area contributed by atoms with Gasteiger partial charge < -0.3 is 13.8 Å². The van der Waals surface area contributed by atoms with E-state index in [0.29, 0.717) is 0 Å². The molecular formula is C19H22N4O2. The number of piperazine rings is 1. The highest BCUT2D eigenvalue weighted by molar-refractivity contribution is 5.74. The maximum Gasteiger partial charge on any atom is 0.298 e. The Morgan fingerprint density at radius 2 is 1.84 bits per heavy atom. The van der Waals surface area contributed by atoms with E-state index in [2.05, 4.69) is 19.9 Å². The van der Waals surface area contributed by atoms with E-state index in [4.69, 9.17) is 8.94 Å². The molecule has 0 spiro atoms. The van der Waals surface area contributed by atoms with E-state index >= 15 is 0 Å². The van der Waals surface area contributed by atoms with E-state index in [0.717, 1.165) is 74.1 Å². The van der Waals surface area contributed by atoms with Crippen molar-refractivity contribution in [2.24, 2.45) is 0 Å². The van der Waals surface area contributed by atoms with E-state index in [1.807, 2.05) is 24.3 Å². The number of aromatic nitrogens is 2. The number of benzene rings is 1. The first-order valence-electron chi connectivity index (χ1n) is 9.16. The van der Waals surface area contributed by atoms with Gasteiger partial charge in [-0.05, 0) is 31.4 Å². The average molecular weight is 338 g/mol. The van der Waals surface area contributed by atoms with Crippen LogP contribution in [0.4, 0.5) is 6.01 Å². The first-order valence-corrected chi connectivity index (χ1v) is 9.16. The van der Waals surface area contributed by atoms with Crippen LogP contribution in [0.2, 0.25) is 0 Å². The van der Waals surface area contributed by atoms with Gasteiger partial charge in [0.2, 0.25) is 0 Å². The smallest absolute Gasteiger partial charge is 0.298 e. The van der Waals surface area contributed by atoms with Crippen LogP contribution in [0.25, 0.3) is 11.1 Å². The maximum absolute atomic E-state index is 5.89. The van der Waals surface area contributed by atoms with Crippen LogP contribution < -0.4 is 4.90 Å². The summed E-state index contributed by atoms with van der Waals surface area (Å²) in [6.07, 6.45) is 4.66. The molecule has 0 atom stereocenters. The molecule has 3 heterocycles. The number of oxazole rings is 1. The topological polar surface area (TPSA) is 58.5 Å². The van der Waals surface area contributed by atoms with Crippen LogP contribution in [0.3, 0.4) is 0 Å². The van der Waals surface area contributed by atoms with Crippen molar-refractivity contribution in [2.75, 3.05) is 31.1 Å². The Labute approximate surface area is 146 Å². The minimum absolute atomic E-state index is 0.736. The fourth-order valence-corrected chi connectivity index (χ4v) is 3.88. The van der Waals surface area contributed by atoms with Crippen LogP contribution in [-0.2, 0) is 19.4 Å². The highest BCUT2D eigenvalue weighted by Crippen LogP contribution is 2.26. The Bertz CT molecular complexity index is 844. The summed E-state index contributed by atoms with van der Waals surface area (Å²) >= 11 is 0. The minimum atomic E-state index is 0.736. The predicted molar refractivity (Wildman–Crippen MR) is 94.6 cm³/mol. The van der Waals surface area contributed by atoms with Crippen molar-refractivity contribution in [1.82, 2.24) is 15.0 Å². The maximum atomic E-state index is 5.89. The predicted octanol–water partition coefficient (Wildman–Crippen LogP) is 3.02. The normalized spacial score (nSPS) is 18.6. The summed E-state index contributed by atoms with van der Waals surface area (Å²) in [5.41, 5.74) is 4.29. The van der Waals surface area contributed by atoms with Gasteiger partial charge in [0.15, 0.2) is 5.58 Å². The monoisotopic (exact) mass is 338 g/mol. The van der Waals surface area contributed by atoms with Crippen molar-refractivity contribution < 1.29 is 8.94 Å². The molecule has 0 saturated carbocycles. The molecule has 0 radical (unpaired) electrons. The summed E-state index contributed by atoms with van der Waals surface area (Å²) in [4.78, 5) is 9.29. The van der Waals surface area contributed by atoms with Gasteiger partial charge in [0.25, 0.3) is 6.01 Å². The lowest BCUT2D eigenvalue weighted by Crippen LogP contribution is -2.46.